The number of rotatable bonds is 4. The van der Waals surface area contributed by atoms with Crippen molar-refractivity contribution in [1.29, 1.82) is 0 Å². The molecule has 1 fully saturated rings. The summed E-state index contributed by atoms with van der Waals surface area (Å²) in [5.74, 6) is -0.389. The van der Waals surface area contributed by atoms with Crippen molar-refractivity contribution < 1.29 is 19.1 Å². The topological polar surface area (TPSA) is 70.8 Å². The number of carbonyl (C=O) groups is 2. The van der Waals surface area contributed by atoms with Crippen molar-refractivity contribution in [3.05, 3.63) is 80.4 Å². The van der Waals surface area contributed by atoms with Crippen LogP contribution in [0.2, 0.25) is 10.0 Å². The third-order valence-corrected chi connectivity index (χ3v) is 6.43. The van der Waals surface area contributed by atoms with Gasteiger partial charge in [0, 0.05) is 16.7 Å². The number of amides is 1. The summed E-state index contributed by atoms with van der Waals surface area (Å²) < 4.78 is 6.22. The van der Waals surface area contributed by atoms with Crippen LogP contribution in [0.3, 0.4) is 0 Å². The van der Waals surface area contributed by atoms with E-state index in [-0.39, 0.29) is 11.5 Å². The number of carbonyl (C=O) groups excluding carboxylic acids is 1. The SMILES string of the molecule is Cc1ccc(C(=O)O)cc1-c1ccc(/C=C2/SC(=S)N(c3ccc(Cl)cc3Cl)C2=O)o1. The molecule has 0 saturated carbocycles. The molecule has 0 radical (unpaired) electrons. The van der Waals surface area contributed by atoms with E-state index in [1.54, 1.807) is 48.5 Å². The highest BCUT2D eigenvalue weighted by Crippen LogP contribution is 2.40. The van der Waals surface area contributed by atoms with E-state index in [9.17, 15) is 14.7 Å². The average Bonchev–Trinajstić information content (AvgIpc) is 3.27. The molecule has 2 heterocycles. The summed E-state index contributed by atoms with van der Waals surface area (Å²) in [6.07, 6.45) is 1.60. The van der Waals surface area contributed by atoms with Gasteiger partial charge in [0.15, 0.2) is 4.32 Å². The van der Waals surface area contributed by atoms with E-state index in [1.807, 2.05) is 6.92 Å². The molecule has 0 unspecified atom stereocenters. The Hall–Kier alpha value is -2.58. The second-order valence-electron chi connectivity index (χ2n) is 6.65. The molecule has 0 spiro atoms. The van der Waals surface area contributed by atoms with Gasteiger partial charge >= 0.3 is 5.97 Å². The standard InChI is InChI=1S/C22H13Cl2NO4S2/c1-11-2-3-12(21(27)28)8-15(11)18-7-5-14(29-18)10-19-20(26)25(22(30)31-19)17-6-4-13(23)9-16(17)24/h2-10H,1H3,(H,27,28)/b19-10+. The summed E-state index contributed by atoms with van der Waals surface area (Å²) in [7, 11) is 0. The third-order valence-electron chi connectivity index (χ3n) is 4.59. The Morgan fingerprint density at radius 2 is 1.94 bits per heavy atom. The van der Waals surface area contributed by atoms with Crippen molar-refractivity contribution in [2.75, 3.05) is 4.90 Å². The Morgan fingerprint density at radius 3 is 2.65 bits per heavy atom. The van der Waals surface area contributed by atoms with Crippen LogP contribution in [0.4, 0.5) is 5.69 Å². The first-order chi connectivity index (χ1) is 14.7. The minimum absolute atomic E-state index is 0.166. The van der Waals surface area contributed by atoms with Gasteiger partial charge in [0.05, 0.1) is 21.2 Å². The summed E-state index contributed by atoms with van der Waals surface area (Å²) in [6.45, 7) is 1.87. The van der Waals surface area contributed by atoms with E-state index >= 15 is 0 Å². The highest BCUT2D eigenvalue weighted by molar-refractivity contribution is 8.27. The number of halogens is 2. The van der Waals surface area contributed by atoms with Gasteiger partial charge in [0.1, 0.15) is 11.5 Å². The molecule has 9 heteroatoms. The Bertz CT molecular complexity index is 1280. The third kappa shape index (κ3) is 4.27. The van der Waals surface area contributed by atoms with Crippen LogP contribution >= 0.6 is 47.2 Å². The van der Waals surface area contributed by atoms with Crippen LogP contribution in [0.15, 0.2) is 57.9 Å². The Morgan fingerprint density at radius 1 is 1.16 bits per heavy atom. The number of thioether (sulfide) groups is 1. The number of carboxylic acids is 1. The molecule has 2 aromatic carbocycles. The lowest BCUT2D eigenvalue weighted by atomic mass is 10.0. The molecule has 1 saturated heterocycles. The summed E-state index contributed by atoms with van der Waals surface area (Å²) in [5.41, 5.74) is 2.16. The number of aryl methyl sites for hydroxylation is 1. The molecule has 0 bridgehead atoms. The quantitative estimate of drug-likeness (QED) is 0.326. The van der Waals surface area contributed by atoms with Crippen LogP contribution < -0.4 is 4.90 Å². The van der Waals surface area contributed by atoms with Crippen LogP contribution in [-0.4, -0.2) is 21.3 Å². The number of hydrogen-bond donors (Lipinski definition) is 1. The van der Waals surface area contributed by atoms with Gasteiger partial charge in [-0.1, -0.05) is 53.2 Å². The predicted molar refractivity (Wildman–Crippen MR) is 128 cm³/mol. The minimum Gasteiger partial charge on any atom is -0.478 e. The fourth-order valence-corrected chi connectivity index (χ4v) is 4.82. The number of aromatic carboxylic acids is 1. The van der Waals surface area contributed by atoms with Crippen LogP contribution in [0, 0.1) is 6.92 Å². The van der Waals surface area contributed by atoms with E-state index in [0.717, 1.165) is 17.3 Å². The fraction of sp³-hybridized carbons (Fsp3) is 0.0455. The van der Waals surface area contributed by atoms with Crippen molar-refractivity contribution in [2.24, 2.45) is 0 Å². The number of carboxylic acid groups (broad SMARTS) is 1. The molecule has 1 N–H and O–H groups in total. The van der Waals surface area contributed by atoms with Crippen LogP contribution in [0.1, 0.15) is 21.7 Å². The maximum atomic E-state index is 13.0. The lowest BCUT2D eigenvalue weighted by Gasteiger charge is -2.16. The van der Waals surface area contributed by atoms with Gasteiger partial charge < -0.3 is 9.52 Å². The summed E-state index contributed by atoms with van der Waals surface area (Å²) >= 11 is 18.7. The monoisotopic (exact) mass is 489 g/mol. The number of nitrogens with zero attached hydrogens (tertiary/aromatic N) is 1. The molecule has 1 aliphatic rings. The first-order valence-electron chi connectivity index (χ1n) is 8.92. The van der Waals surface area contributed by atoms with Crippen molar-refractivity contribution in [2.45, 2.75) is 6.92 Å². The zero-order valence-corrected chi connectivity index (χ0v) is 19.0. The molecule has 5 nitrogen and oxygen atoms in total. The molecule has 3 aromatic rings. The molecule has 0 aliphatic carbocycles. The van der Waals surface area contributed by atoms with Gasteiger partial charge in [-0.3, -0.25) is 9.69 Å². The highest BCUT2D eigenvalue weighted by Gasteiger charge is 2.34. The van der Waals surface area contributed by atoms with E-state index in [4.69, 9.17) is 39.8 Å². The van der Waals surface area contributed by atoms with Gasteiger partial charge in [-0.15, -0.1) is 0 Å². The molecule has 1 aromatic heterocycles. The van der Waals surface area contributed by atoms with Gasteiger partial charge in [-0.05, 0) is 55.0 Å². The lowest BCUT2D eigenvalue weighted by molar-refractivity contribution is -0.113. The second kappa shape index (κ2) is 8.51. The Labute approximate surface area is 197 Å². The lowest BCUT2D eigenvalue weighted by Crippen LogP contribution is -2.27. The highest BCUT2D eigenvalue weighted by atomic mass is 35.5. The Balaban J connectivity index is 1.64. The normalized spacial score (nSPS) is 15.2. The van der Waals surface area contributed by atoms with Crippen LogP contribution in [0.5, 0.6) is 0 Å². The average molecular weight is 490 g/mol. The first kappa shape index (κ1) is 21.6. The molecule has 156 valence electrons. The maximum Gasteiger partial charge on any atom is 0.335 e. The van der Waals surface area contributed by atoms with Crippen molar-refractivity contribution in [3.8, 4) is 11.3 Å². The molecule has 4 rings (SSSR count). The predicted octanol–water partition coefficient (Wildman–Crippen LogP) is 6.67. The summed E-state index contributed by atoms with van der Waals surface area (Å²) in [4.78, 5) is 26.0. The van der Waals surface area contributed by atoms with Crippen molar-refractivity contribution >= 4 is 75.1 Å². The number of thiocarbonyl (C=S) groups is 1. The molecule has 1 aliphatic heterocycles. The van der Waals surface area contributed by atoms with Crippen molar-refractivity contribution in [1.82, 2.24) is 0 Å². The van der Waals surface area contributed by atoms with Gasteiger partial charge in [-0.25, -0.2) is 4.79 Å². The molecule has 0 atom stereocenters. The van der Waals surface area contributed by atoms with Gasteiger partial charge in [0.2, 0.25) is 0 Å². The second-order valence-corrected chi connectivity index (χ2v) is 9.17. The van der Waals surface area contributed by atoms with Crippen molar-refractivity contribution in [3.63, 3.8) is 0 Å². The van der Waals surface area contributed by atoms with Crippen LogP contribution in [-0.2, 0) is 4.79 Å². The van der Waals surface area contributed by atoms with Crippen LogP contribution in [0.25, 0.3) is 17.4 Å². The Kier molecular flexibility index (Phi) is 5.94. The van der Waals surface area contributed by atoms with Gasteiger partial charge in [0.25, 0.3) is 5.91 Å². The fourth-order valence-electron chi connectivity index (χ4n) is 3.06. The number of benzene rings is 2. The van der Waals surface area contributed by atoms with E-state index in [1.165, 1.54) is 11.0 Å². The molecular formula is C22H13Cl2NO4S2. The smallest absolute Gasteiger partial charge is 0.335 e. The summed E-state index contributed by atoms with van der Waals surface area (Å²) in [6, 6.07) is 13.1. The molecular weight excluding hydrogens is 477 g/mol. The minimum atomic E-state index is -1.02. The zero-order chi connectivity index (χ0) is 22.3. The molecule has 31 heavy (non-hydrogen) atoms. The van der Waals surface area contributed by atoms with Gasteiger partial charge in [-0.2, -0.15) is 0 Å². The zero-order valence-electron chi connectivity index (χ0n) is 15.9. The number of anilines is 1. The largest absolute Gasteiger partial charge is 0.478 e. The number of hydrogen-bond acceptors (Lipinski definition) is 5. The maximum absolute atomic E-state index is 13.0. The summed E-state index contributed by atoms with van der Waals surface area (Å²) in [5, 5.41) is 10.0. The van der Waals surface area contributed by atoms with E-state index in [2.05, 4.69) is 0 Å². The van der Waals surface area contributed by atoms with E-state index in [0.29, 0.717) is 42.0 Å². The molecule has 1 amide bonds. The first-order valence-corrected chi connectivity index (χ1v) is 10.9. The van der Waals surface area contributed by atoms with E-state index < -0.39 is 5.97 Å². The number of furan rings is 1.